The maximum Gasteiger partial charge on any atom is 0.259 e. The zero-order valence-electron chi connectivity index (χ0n) is 18.9. The number of nitrogens with zero attached hydrogens (tertiary/aromatic N) is 3. The molecule has 4 rings (SSSR count). The van der Waals surface area contributed by atoms with Crippen molar-refractivity contribution in [1.29, 1.82) is 0 Å². The van der Waals surface area contributed by atoms with E-state index < -0.39 is 0 Å². The van der Waals surface area contributed by atoms with Crippen LogP contribution in [0.4, 0.5) is 23.1 Å². The van der Waals surface area contributed by atoms with E-state index in [1.54, 1.807) is 18.2 Å². The largest absolute Gasteiger partial charge is 0.493 e. The standard InChI is InChI=1S/C24H27N5O4/c1-16-15-21(29-11-13-33-14-12-29)28-24(25-16)27-18-9-7-17(8-10-18)26-23(30)19-5-4-6-20(31-2)22(19)32-3/h4-10,15H,11-14H2,1-3H3,(H,26,30)(H,25,27,28). The van der Waals surface area contributed by atoms with E-state index >= 15 is 0 Å². The van der Waals surface area contributed by atoms with E-state index in [9.17, 15) is 4.79 Å². The fourth-order valence-electron chi connectivity index (χ4n) is 3.59. The van der Waals surface area contributed by atoms with Gasteiger partial charge in [-0.25, -0.2) is 4.98 Å². The molecule has 33 heavy (non-hydrogen) atoms. The summed E-state index contributed by atoms with van der Waals surface area (Å²) in [6.07, 6.45) is 0. The fourth-order valence-corrected chi connectivity index (χ4v) is 3.59. The van der Waals surface area contributed by atoms with Gasteiger partial charge in [-0.2, -0.15) is 4.98 Å². The van der Waals surface area contributed by atoms with Gasteiger partial charge in [-0.15, -0.1) is 0 Å². The number of hydrogen-bond acceptors (Lipinski definition) is 8. The number of ether oxygens (including phenoxy) is 3. The molecule has 0 aliphatic carbocycles. The first kappa shape index (κ1) is 22.3. The molecule has 1 aliphatic rings. The number of morpholine rings is 1. The van der Waals surface area contributed by atoms with Gasteiger partial charge in [0.1, 0.15) is 5.82 Å². The number of aromatic nitrogens is 2. The molecule has 1 amide bonds. The van der Waals surface area contributed by atoms with Crippen LogP contribution in [0, 0.1) is 6.92 Å². The first-order valence-corrected chi connectivity index (χ1v) is 10.6. The van der Waals surface area contributed by atoms with Crippen LogP contribution >= 0.6 is 0 Å². The second kappa shape index (κ2) is 10.2. The van der Waals surface area contributed by atoms with Crippen molar-refractivity contribution in [3.63, 3.8) is 0 Å². The maximum atomic E-state index is 12.8. The van der Waals surface area contributed by atoms with Gasteiger partial charge in [0.15, 0.2) is 11.5 Å². The van der Waals surface area contributed by atoms with Crippen LogP contribution in [-0.4, -0.2) is 56.4 Å². The van der Waals surface area contributed by atoms with E-state index in [1.807, 2.05) is 37.3 Å². The zero-order chi connectivity index (χ0) is 23.2. The van der Waals surface area contributed by atoms with E-state index in [2.05, 4.69) is 25.5 Å². The molecule has 2 N–H and O–H groups in total. The molecule has 0 bridgehead atoms. The summed E-state index contributed by atoms with van der Waals surface area (Å²) in [7, 11) is 3.04. The van der Waals surface area contributed by atoms with Crippen molar-refractivity contribution in [1.82, 2.24) is 9.97 Å². The van der Waals surface area contributed by atoms with Crippen molar-refractivity contribution < 1.29 is 19.0 Å². The number of para-hydroxylation sites is 1. The highest BCUT2D eigenvalue weighted by Gasteiger charge is 2.17. The Kier molecular flexibility index (Phi) is 6.89. The molecule has 0 radical (unpaired) electrons. The number of amides is 1. The lowest BCUT2D eigenvalue weighted by Crippen LogP contribution is -2.36. The minimum atomic E-state index is -0.288. The fraction of sp³-hybridized carbons (Fsp3) is 0.292. The van der Waals surface area contributed by atoms with E-state index in [-0.39, 0.29) is 5.91 Å². The molecule has 1 saturated heterocycles. The number of hydrogen-bond donors (Lipinski definition) is 2. The number of aryl methyl sites for hydroxylation is 1. The molecule has 1 aromatic heterocycles. The Bertz CT molecular complexity index is 1110. The first-order valence-electron chi connectivity index (χ1n) is 10.6. The summed E-state index contributed by atoms with van der Waals surface area (Å²) in [6, 6.07) is 14.5. The maximum absolute atomic E-state index is 12.8. The SMILES string of the molecule is COc1cccc(C(=O)Nc2ccc(Nc3nc(C)cc(N4CCOCC4)n3)cc2)c1OC. The Morgan fingerprint density at radius 3 is 2.42 bits per heavy atom. The zero-order valence-corrected chi connectivity index (χ0v) is 18.9. The molecule has 0 unspecified atom stereocenters. The molecule has 2 heterocycles. The Hall–Kier alpha value is -3.85. The van der Waals surface area contributed by atoms with Crippen molar-refractivity contribution in [2.24, 2.45) is 0 Å². The smallest absolute Gasteiger partial charge is 0.259 e. The summed E-state index contributed by atoms with van der Waals surface area (Å²) in [5.41, 5.74) is 2.73. The lowest BCUT2D eigenvalue weighted by Gasteiger charge is -2.28. The highest BCUT2D eigenvalue weighted by atomic mass is 16.5. The van der Waals surface area contributed by atoms with Crippen LogP contribution in [0.25, 0.3) is 0 Å². The molecule has 0 saturated carbocycles. The van der Waals surface area contributed by atoms with Crippen molar-refractivity contribution in [3.05, 3.63) is 59.8 Å². The van der Waals surface area contributed by atoms with Crippen molar-refractivity contribution in [2.45, 2.75) is 6.92 Å². The van der Waals surface area contributed by atoms with Crippen LogP contribution in [0.5, 0.6) is 11.5 Å². The van der Waals surface area contributed by atoms with Crippen molar-refractivity contribution >= 4 is 29.0 Å². The Morgan fingerprint density at radius 2 is 1.73 bits per heavy atom. The van der Waals surface area contributed by atoms with Gasteiger partial charge in [0, 0.05) is 36.2 Å². The molecule has 172 valence electrons. The summed E-state index contributed by atoms with van der Waals surface area (Å²) in [4.78, 5) is 24.1. The first-order chi connectivity index (χ1) is 16.1. The molecule has 1 aliphatic heterocycles. The number of nitrogens with one attached hydrogen (secondary N) is 2. The van der Waals surface area contributed by atoms with E-state index in [1.165, 1.54) is 14.2 Å². The second-order valence-corrected chi connectivity index (χ2v) is 7.49. The molecule has 2 aromatic carbocycles. The lowest BCUT2D eigenvalue weighted by atomic mass is 10.1. The van der Waals surface area contributed by atoms with Gasteiger partial charge >= 0.3 is 0 Å². The van der Waals surface area contributed by atoms with Gasteiger partial charge in [0.25, 0.3) is 5.91 Å². The average Bonchev–Trinajstić information content (AvgIpc) is 2.84. The third kappa shape index (κ3) is 5.32. The number of rotatable bonds is 7. The number of methoxy groups -OCH3 is 2. The summed E-state index contributed by atoms with van der Waals surface area (Å²) in [5.74, 6) is 2.00. The van der Waals surface area contributed by atoms with Gasteiger partial charge < -0.3 is 29.7 Å². The second-order valence-electron chi connectivity index (χ2n) is 7.49. The predicted octanol–water partition coefficient (Wildman–Crippen LogP) is 3.63. The summed E-state index contributed by atoms with van der Waals surface area (Å²) in [6.45, 7) is 4.95. The molecule has 9 nitrogen and oxygen atoms in total. The molecule has 3 aromatic rings. The molecule has 9 heteroatoms. The number of benzene rings is 2. The van der Waals surface area contributed by atoms with Gasteiger partial charge in [0.05, 0.1) is 33.0 Å². The van der Waals surface area contributed by atoms with Crippen LogP contribution < -0.4 is 25.0 Å². The van der Waals surface area contributed by atoms with Crippen LogP contribution in [0.3, 0.4) is 0 Å². The number of carbonyl (C=O) groups excluding carboxylic acids is 1. The van der Waals surface area contributed by atoms with Crippen LogP contribution in [0.1, 0.15) is 16.1 Å². The third-order valence-electron chi connectivity index (χ3n) is 5.22. The molecule has 0 spiro atoms. The Morgan fingerprint density at radius 1 is 1.00 bits per heavy atom. The summed E-state index contributed by atoms with van der Waals surface area (Å²) in [5, 5.41) is 6.12. The Labute approximate surface area is 192 Å². The van der Waals surface area contributed by atoms with E-state index in [0.717, 1.165) is 30.3 Å². The highest BCUT2D eigenvalue weighted by molar-refractivity contribution is 6.06. The van der Waals surface area contributed by atoms with E-state index in [4.69, 9.17) is 14.2 Å². The quantitative estimate of drug-likeness (QED) is 0.564. The van der Waals surface area contributed by atoms with Crippen LogP contribution in [0.15, 0.2) is 48.5 Å². The van der Waals surface area contributed by atoms with Gasteiger partial charge in [-0.1, -0.05) is 6.07 Å². The average molecular weight is 450 g/mol. The minimum Gasteiger partial charge on any atom is -0.493 e. The predicted molar refractivity (Wildman–Crippen MR) is 127 cm³/mol. The summed E-state index contributed by atoms with van der Waals surface area (Å²) < 4.78 is 16.1. The van der Waals surface area contributed by atoms with Gasteiger partial charge in [-0.3, -0.25) is 4.79 Å². The van der Waals surface area contributed by atoms with Gasteiger partial charge in [0.2, 0.25) is 5.95 Å². The molecular formula is C24H27N5O4. The molecule has 0 atom stereocenters. The molecule has 1 fully saturated rings. The summed E-state index contributed by atoms with van der Waals surface area (Å²) >= 11 is 0. The van der Waals surface area contributed by atoms with Crippen molar-refractivity contribution in [3.8, 4) is 11.5 Å². The van der Waals surface area contributed by atoms with Crippen molar-refractivity contribution in [2.75, 3.05) is 56.1 Å². The third-order valence-corrected chi connectivity index (χ3v) is 5.22. The lowest BCUT2D eigenvalue weighted by molar-refractivity contribution is 0.102. The monoisotopic (exact) mass is 449 g/mol. The van der Waals surface area contributed by atoms with Crippen LogP contribution in [-0.2, 0) is 4.74 Å². The Balaban J connectivity index is 1.45. The normalized spacial score (nSPS) is 13.4. The highest BCUT2D eigenvalue weighted by Crippen LogP contribution is 2.31. The topological polar surface area (TPSA) is 97.8 Å². The number of anilines is 4. The van der Waals surface area contributed by atoms with E-state index in [0.29, 0.717) is 41.9 Å². The number of carbonyl (C=O) groups is 1. The van der Waals surface area contributed by atoms with Crippen LogP contribution in [0.2, 0.25) is 0 Å². The minimum absolute atomic E-state index is 0.288. The van der Waals surface area contributed by atoms with Gasteiger partial charge in [-0.05, 0) is 43.3 Å². The molecular weight excluding hydrogens is 422 g/mol.